The Balaban J connectivity index is 4.33. The van der Waals surface area contributed by atoms with E-state index in [-0.39, 0.29) is 17.4 Å². The van der Waals surface area contributed by atoms with Gasteiger partial charge in [0.2, 0.25) is 11.8 Å². The Bertz CT molecular complexity index is 231. The van der Waals surface area contributed by atoms with Crippen molar-refractivity contribution < 1.29 is 9.59 Å². The number of carbonyl (C=O) groups is 2. The molecular formula is C10H20N2O2. The average Bonchev–Trinajstić information content (AvgIpc) is 1.98. The molecule has 1 atom stereocenters. The third-order valence-corrected chi connectivity index (χ3v) is 1.96. The molecule has 0 heterocycles. The molecule has 1 unspecified atom stereocenters. The van der Waals surface area contributed by atoms with Crippen molar-refractivity contribution in [3.63, 3.8) is 0 Å². The Hall–Kier alpha value is -1.06. The fourth-order valence-corrected chi connectivity index (χ4v) is 0.923. The minimum Gasteiger partial charge on any atom is -0.350 e. The van der Waals surface area contributed by atoms with Crippen LogP contribution in [0.3, 0.4) is 0 Å². The van der Waals surface area contributed by atoms with Gasteiger partial charge in [0.15, 0.2) is 0 Å². The van der Waals surface area contributed by atoms with Crippen LogP contribution in [0.25, 0.3) is 0 Å². The van der Waals surface area contributed by atoms with Crippen LogP contribution >= 0.6 is 0 Å². The van der Waals surface area contributed by atoms with Gasteiger partial charge in [-0.25, -0.2) is 0 Å². The fourth-order valence-electron chi connectivity index (χ4n) is 0.923. The average molecular weight is 200 g/mol. The van der Waals surface area contributed by atoms with E-state index in [9.17, 15) is 9.59 Å². The molecule has 0 rings (SSSR count). The summed E-state index contributed by atoms with van der Waals surface area (Å²) in [5.74, 6) is -0.239. The molecule has 0 aromatic heterocycles. The minimum absolute atomic E-state index is 0.110. The quantitative estimate of drug-likeness (QED) is 0.715. The molecule has 0 aromatic rings. The van der Waals surface area contributed by atoms with Crippen molar-refractivity contribution in [1.29, 1.82) is 0 Å². The first-order chi connectivity index (χ1) is 6.15. The van der Waals surface area contributed by atoms with Gasteiger partial charge in [0.1, 0.15) is 6.04 Å². The van der Waals surface area contributed by atoms with Gasteiger partial charge in [-0.15, -0.1) is 0 Å². The summed E-state index contributed by atoms with van der Waals surface area (Å²) in [6.07, 6.45) is 0. The summed E-state index contributed by atoms with van der Waals surface area (Å²) in [7, 11) is 1.62. The number of likely N-dealkylation sites (N-methyl/N-ethyl adjacent to an activating group) is 1. The Morgan fingerprint density at radius 1 is 1.29 bits per heavy atom. The number of nitrogens with one attached hydrogen (secondary N) is 1. The van der Waals surface area contributed by atoms with Crippen LogP contribution in [0.5, 0.6) is 0 Å². The van der Waals surface area contributed by atoms with Crippen LogP contribution in [-0.2, 0) is 9.59 Å². The van der Waals surface area contributed by atoms with E-state index in [0.717, 1.165) is 0 Å². The Morgan fingerprint density at radius 2 is 1.71 bits per heavy atom. The highest BCUT2D eigenvalue weighted by Gasteiger charge is 2.23. The molecule has 82 valence electrons. The summed E-state index contributed by atoms with van der Waals surface area (Å²) in [6, 6.07) is -0.424. The zero-order valence-electron chi connectivity index (χ0n) is 9.84. The Labute approximate surface area is 85.7 Å². The lowest BCUT2D eigenvalue weighted by molar-refractivity contribution is -0.137. The summed E-state index contributed by atoms with van der Waals surface area (Å²) < 4.78 is 0. The third kappa shape index (κ3) is 4.25. The number of carbonyl (C=O) groups excluding carboxylic acids is 2. The summed E-state index contributed by atoms with van der Waals surface area (Å²) in [6.45, 7) is 8.88. The van der Waals surface area contributed by atoms with Gasteiger partial charge in [0, 0.05) is 19.5 Å². The molecule has 0 aliphatic heterocycles. The molecule has 4 nitrogen and oxygen atoms in total. The molecule has 0 saturated carbocycles. The van der Waals surface area contributed by atoms with E-state index < -0.39 is 6.04 Å². The molecule has 0 aromatic carbocycles. The van der Waals surface area contributed by atoms with Crippen molar-refractivity contribution in [2.24, 2.45) is 0 Å². The number of hydrogen-bond donors (Lipinski definition) is 1. The lowest BCUT2D eigenvalue weighted by Gasteiger charge is -2.27. The first kappa shape index (κ1) is 12.9. The second kappa shape index (κ2) is 4.44. The molecule has 0 saturated heterocycles. The molecule has 1 N–H and O–H groups in total. The van der Waals surface area contributed by atoms with Crippen molar-refractivity contribution in [3.05, 3.63) is 0 Å². The lowest BCUT2D eigenvalue weighted by Crippen LogP contribution is -2.50. The van der Waals surface area contributed by atoms with E-state index in [0.29, 0.717) is 0 Å². The van der Waals surface area contributed by atoms with Gasteiger partial charge in [-0.2, -0.15) is 0 Å². The highest BCUT2D eigenvalue weighted by Crippen LogP contribution is 2.02. The fraction of sp³-hybridized carbons (Fsp3) is 0.800. The van der Waals surface area contributed by atoms with Gasteiger partial charge >= 0.3 is 0 Å². The van der Waals surface area contributed by atoms with Gasteiger partial charge in [0.25, 0.3) is 0 Å². The van der Waals surface area contributed by atoms with Crippen molar-refractivity contribution >= 4 is 11.8 Å². The van der Waals surface area contributed by atoms with Crippen molar-refractivity contribution in [2.45, 2.75) is 46.2 Å². The topological polar surface area (TPSA) is 49.4 Å². The monoisotopic (exact) mass is 200 g/mol. The summed E-state index contributed by atoms with van der Waals surface area (Å²) in [5.41, 5.74) is -0.261. The van der Waals surface area contributed by atoms with Crippen LogP contribution in [0.15, 0.2) is 0 Å². The van der Waals surface area contributed by atoms with Crippen LogP contribution in [0.2, 0.25) is 0 Å². The van der Waals surface area contributed by atoms with E-state index in [4.69, 9.17) is 0 Å². The number of rotatable bonds is 2. The van der Waals surface area contributed by atoms with E-state index >= 15 is 0 Å². The van der Waals surface area contributed by atoms with Crippen LogP contribution in [0, 0.1) is 0 Å². The summed E-state index contributed by atoms with van der Waals surface area (Å²) in [4.78, 5) is 24.0. The zero-order chi connectivity index (χ0) is 11.5. The maximum Gasteiger partial charge on any atom is 0.242 e. The Morgan fingerprint density at radius 3 is 2.00 bits per heavy atom. The number of nitrogens with zero attached hydrogens (tertiary/aromatic N) is 1. The van der Waals surface area contributed by atoms with E-state index in [1.165, 1.54) is 11.8 Å². The SMILES string of the molecule is CC(=O)N(C)C(C)C(=O)NC(C)(C)C. The van der Waals surface area contributed by atoms with Gasteiger partial charge in [-0.1, -0.05) is 0 Å². The molecule has 0 aliphatic carbocycles. The Kier molecular flexibility index (Phi) is 4.10. The second-order valence-electron chi connectivity index (χ2n) is 4.55. The van der Waals surface area contributed by atoms with Crippen LogP contribution in [0.1, 0.15) is 34.6 Å². The third-order valence-electron chi connectivity index (χ3n) is 1.96. The lowest BCUT2D eigenvalue weighted by atomic mass is 10.1. The molecule has 0 aliphatic rings. The normalized spacial score (nSPS) is 13.3. The summed E-state index contributed by atoms with van der Waals surface area (Å²) in [5, 5.41) is 2.82. The second-order valence-corrected chi connectivity index (χ2v) is 4.55. The molecule has 2 amide bonds. The number of hydrogen-bond acceptors (Lipinski definition) is 2. The van der Waals surface area contributed by atoms with Gasteiger partial charge in [-0.3, -0.25) is 9.59 Å². The highest BCUT2D eigenvalue weighted by molar-refractivity contribution is 5.86. The van der Waals surface area contributed by atoms with Crippen LogP contribution < -0.4 is 5.32 Å². The predicted molar refractivity (Wildman–Crippen MR) is 55.8 cm³/mol. The summed E-state index contributed by atoms with van der Waals surface area (Å²) >= 11 is 0. The molecule has 4 heteroatoms. The molecule has 0 fully saturated rings. The maximum absolute atomic E-state index is 11.6. The van der Waals surface area contributed by atoms with Gasteiger partial charge in [0.05, 0.1) is 0 Å². The largest absolute Gasteiger partial charge is 0.350 e. The van der Waals surface area contributed by atoms with E-state index in [1.54, 1.807) is 14.0 Å². The van der Waals surface area contributed by atoms with Crippen molar-refractivity contribution in [1.82, 2.24) is 10.2 Å². The molecule has 14 heavy (non-hydrogen) atoms. The standard InChI is InChI=1S/C10H20N2O2/c1-7(12(6)8(2)13)9(14)11-10(3,4)5/h7H,1-6H3,(H,11,14). The molecule has 0 spiro atoms. The number of amides is 2. The maximum atomic E-state index is 11.6. The first-order valence-electron chi connectivity index (χ1n) is 4.70. The zero-order valence-corrected chi connectivity index (χ0v) is 9.84. The molecular weight excluding hydrogens is 180 g/mol. The van der Waals surface area contributed by atoms with Gasteiger partial charge in [-0.05, 0) is 27.7 Å². The van der Waals surface area contributed by atoms with E-state index in [2.05, 4.69) is 5.32 Å². The molecule has 0 radical (unpaired) electrons. The van der Waals surface area contributed by atoms with Crippen molar-refractivity contribution in [3.8, 4) is 0 Å². The van der Waals surface area contributed by atoms with Crippen LogP contribution in [-0.4, -0.2) is 35.3 Å². The van der Waals surface area contributed by atoms with Crippen molar-refractivity contribution in [2.75, 3.05) is 7.05 Å². The van der Waals surface area contributed by atoms with Crippen LogP contribution in [0.4, 0.5) is 0 Å². The smallest absolute Gasteiger partial charge is 0.242 e. The minimum atomic E-state index is -0.424. The first-order valence-corrected chi connectivity index (χ1v) is 4.70. The van der Waals surface area contributed by atoms with Gasteiger partial charge < -0.3 is 10.2 Å². The highest BCUT2D eigenvalue weighted by atomic mass is 16.2. The predicted octanol–water partition coefficient (Wildman–Crippen LogP) is 0.768. The van der Waals surface area contributed by atoms with E-state index in [1.807, 2.05) is 20.8 Å². The molecule has 0 bridgehead atoms.